The highest BCUT2D eigenvalue weighted by Gasteiger charge is 2.26. The number of H-pyrrole nitrogens is 1. The van der Waals surface area contributed by atoms with Crippen LogP contribution >= 0.6 is 11.6 Å². The maximum atomic E-state index is 9.45. The van der Waals surface area contributed by atoms with Crippen LogP contribution in [0.3, 0.4) is 0 Å². The molecule has 16 heavy (non-hydrogen) atoms. The summed E-state index contributed by atoms with van der Waals surface area (Å²) in [5.74, 6) is 0. The van der Waals surface area contributed by atoms with E-state index in [2.05, 4.69) is 4.98 Å². The van der Waals surface area contributed by atoms with Gasteiger partial charge in [-0.15, -0.1) is 0 Å². The number of aliphatic hydroxyl groups excluding tert-OH is 1. The van der Waals surface area contributed by atoms with Crippen LogP contribution in [0.15, 0.2) is 24.4 Å². The summed E-state index contributed by atoms with van der Waals surface area (Å²) >= 11 is 5.92. The van der Waals surface area contributed by atoms with Crippen LogP contribution < -0.4 is 5.73 Å². The van der Waals surface area contributed by atoms with Crippen molar-refractivity contribution >= 4 is 22.5 Å². The highest BCUT2D eigenvalue weighted by Crippen LogP contribution is 2.30. The van der Waals surface area contributed by atoms with Crippen LogP contribution in [0, 0.1) is 0 Å². The van der Waals surface area contributed by atoms with Gasteiger partial charge in [0.15, 0.2) is 0 Å². The van der Waals surface area contributed by atoms with E-state index in [1.165, 1.54) is 0 Å². The van der Waals surface area contributed by atoms with Crippen LogP contribution in [-0.2, 0) is 5.41 Å². The van der Waals surface area contributed by atoms with Gasteiger partial charge in [0, 0.05) is 34.1 Å². The summed E-state index contributed by atoms with van der Waals surface area (Å²) in [5.41, 5.74) is 7.32. The fourth-order valence-corrected chi connectivity index (χ4v) is 2.03. The molecule has 4 N–H and O–H groups in total. The number of fused-ring (bicyclic) bond motifs is 1. The van der Waals surface area contributed by atoms with E-state index in [0.29, 0.717) is 11.6 Å². The number of rotatable bonds is 3. The molecule has 0 amide bonds. The van der Waals surface area contributed by atoms with E-state index in [9.17, 15) is 5.11 Å². The Hall–Kier alpha value is -1.03. The van der Waals surface area contributed by atoms with Gasteiger partial charge in [0.25, 0.3) is 0 Å². The molecule has 0 aliphatic rings. The standard InChI is InChI=1S/C12H15ClN2O/c1-12(6-14,7-16)10-5-15-11-4-8(13)2-3-9(10)11/h2-5,15-16H,6-7,14H2,1H3. The normalized spacial score (nSPS) is 15.2. The van der Waals surface area contributed by atoms with Crippen LogP contribution in [0.1, 0.15) is 12.5 Å². The number of aromatic amines is 1. The molecule has 1 aromatic carbocycles. The molecule has 0 saturated carbocycles. The Morgan fingerprint density at radius 3 is 2.88 bits per heavy atom. The highest BCUT2D eigenvalue weighted by molar-refractivity contribution is 6.31. The van der Waals surface area contributed by atoms with Gasteiger partial charge in [-0.1, -0.05) is 24.6 Å². The minimum Gasteiger partial charge on any atom is -0.395 e. The Bertz CT molecular complexity index is 503. The molecule has 1 unspecified atom stereocenters. The molecule has 0 fully saturated rings. The minimum atomic E-state index is -0.411. The monoisotopic (exact) mass is 238 g/mol. The van der Waals surface area contributed by atoms with Gasteiger partial charge in [0.2, 0.25) is 0 Å². The zero-order chi connectivity index (χ0) is 11.8. The van der Waals surface area contributed by atoms with E-state index in [1.807, 2.05) is 31.3 Å². The summed E-state index contributed by atoms with van der Waals surface area (Å²) in [5, 5.41) is 11.2. The Balaban J connectivity index is 2.62. The van der Waals surface area contributed by atoms with Crippen LogP contribution in [0.25, 0.3) is 10.9 Å². The molecule has 3 nitrogen and oxygen atoms in total. The summed E-state index contributed by atoms with van der Waals surface area (Å²) < 4.78 is 0. The van der Waals surface area contributed by atoms with Crippen molar-refractivity contribution in [1.29, 1.82) is 0 Å². The number of hydrogen-bond acceptors (Lipinski definition) is 2. The van der Waals surface area contributed by atoms with Crippen LogP contribution in [0.5, 0.6) is 0 Å². The quantitative estimate of drug-likeness (QED) is 0.766. The minimum absolute atomic E-state index is 0.0269. The van der Waals surface area contributed by atoms with E-state index in [4.69, 9.17) is 17.3 Å². The molecule has 0 aliphatic heterocycles. The Morgan fingerprint density at radius 1 is 1.50 bits per heavy atom. The first-order valence-corrected chi connectivity index (χ1v) is 5.56. The number of nitrogens with one attached hydrogen (secondary N) is 1. The lowest BCUT2D eigenvalue weighted by molar-refractivity contribution is 0.211. The topological polar surface area (TPSA) is 62.0 Å². The second-order valence-corrected chi connectivity index (χ2v) is 4.75. The summed E-state index contributed by atoms with van der Waals surface area (Å²) in [6, 6.07) is 5.66. The van der Waals surface area contributed by atoms with Crippen molar-refractivity contribution in [1.82, 2.24) is 4.98 Å². The summed E-state index contributed by atoms with van der Waals surface area (Å²) in [6.07, 6.45) is 1.89. The van der Waals surface area contributed by atoms with Crippen molar-refractivity contribution in [3.8, 4) is 0 Å². The number of aliphatic hydroxyl groups is 1. The average molecular weight is 239 g/mol. The molecule has 0 bridgehead atoms. The van der Waals surface area contributed by atoms with Crippen molar-refractivity contribution in [2.45, 2.75) is 12.3 Å². The van der Waals surface area contributed by atoms with Crippen molar-refractivity contribution in [3.63, 3.8) is 0 Å². The van der Waals surface area contributed by atoms with Gasteiger partial charge in [-0.25, -0.2) is 0 Å². The lowest BCUT2D eigenvalue weighted by Gasteiger charge is -2.24. The number of aromatic nitrogens is 1. The van der Waals surface area contributed by atoms with Crippen molar-refractivity contribution in [3.05, 3.63) is 35.0 Å². The molecule has 2 aromatic rings. The van der Waals surface area contributed by atoms with E-state index < -0.39 is 5.41 Å². The van der Waals surface area contributed by atoms with Gasteiger partial charge >= 0.3 is 0 Å². The third-order valence-electron chi connectivity index (χ3n) is 3.09. The van der Waals surface area contributed by atoms with Crippen LogP contribution in [0.2, 0.25) is 5.02 Å². The van der Waals surface area contributed by atoms with Crippen molar-refractivity contribution < 1.29 is 5.11 Å². The lowest BCUT2D eigenvalue weighted by atomic mass is 9.83. The second-order valence-electron chi connectivity index (χ2n) is 4.32. The molecule has 86 valence electrons. The SMILES string of the molecule is CC(CN)(CO)c1c[nH]c2cc(Cl)ccc12. The molecule has 0 aliphatic carbocycles. The summed E-state index contributed by atoms with van der Waals surface area (Å²) in [6.45, 7) is 2.38. The van der Waals surface area contributed by atoms with Gasteiger partial charge < -0.3 is 15.8 Å². The average Bonchev–Trinajstić information content (AvgIpc) is 2.71. The molecular weight excluding hydrogens is 224 g/mol. The zero-order valence-corrected chi connectivity index (χ0v) is 9.88. The van der Waals surface area contributed by atoms with E-state index in [0.717, 1.165) is 16.5 Å². The predicted molar refractivity (Wildman–Crippen MR) is 66.8 cm³/mol. The smallest absolute Gasteiger partial charge is 0.0538 e. The first-order chi connectivity index (χ1) is 7.60. The predicted octanol–water partition coefficient (Wildman–Crippen LogP) is 2.03. The highest BCUT2D eigenvalue weighted by atomic mass is 35.5. The maximum absolute atomic E-state index is 9.45. The van der Waals surface area contributed by atoms with Crippen molar-refractivity contribution in [2.24, 2.45) is 5.73 Å². The first kappa shape index (κ1) is 11.5. The Morgan fingerprint density at radius 2 is 2.25 bits per heavy atom. The molecule has 1 heterocycles. The van der Waals surface area contributed by atoms with Gasteiger partial charge in [-0.3, -0.25) is 0 Å². The van der Waals surface area contributed by atoms with E-state index in [1.54, 1.807) is 0 Å². The van der Waals surface area contributed by atoms with Gasteiger partial charge in [-0.2, -0.15) is 0 Å². The van der Waals surface area contributed by atoms with Crippen LogP contribution in [-0.4, -0.2) is 23.2 Å². The van der Waals surface area contributed by atoms with Gasteiger partial charge in [0.1, 0.15) is 0 Å². The summed E-state index contributed by atoms with van der Waals surface area (Å²) in [7, 11) is 0. The first-order valence-electron chi connectivity index (χ1n) is 5.19. The zero-order valence-electron chi connectivity index (χ0n) is 9.13. The summed E-state index contributed by atoms with van der Waals surface area (Å²) in [4.78, 5) is 3.15. The number of nitrogens with two attached hydrogens (primary N) is 1. The molecule has 0 saturated heterocycles. The van der Waals surface area contributed by atoms with E-state index >= 15 is 0 Å². The largest absolute Gasteiger partial charge is 0.395 e. The van der Waals surface area contributed by atoms with Crippen molar-refractivity contribution in [2.75, 3.05) is 13.2 Å². The fraction of sp³-hybridized carbons (Fsp3) is 0.333. The lowest BCUT2D eigenvalue weighted by Crippen LogP contribution is -2.35. The van der Waals surface area contributed by atoms with Gasteiger partial charge in [-0.05, 0) is 17.7 Å². The maximum Gasteiger partial charge on any atom is 0.0538 e. The number of benzene rings is 1. The molecule has 1 atom stereocenters. The molecule has 2 rings (SSSR count). The number of hydrogen-bond donors (Lipinski definition) is 3. The molecule has 0 radical (unpaired) electrons. The van der Waals surface area contributed by atoms with Crippen LogP contribution in [0.4, 0.5) is 0 Å². The second kappa shape index (κ2) is 4.09. The third kappa shape index (κ3) is 1.71. The Labute approximate surface area is 99.2 Å². The fourth-order valence-electron chi connectivity index (χ4n) is 1.86. The van der Waals surface area contributed by atoms with E-state index in [-0.39, 0.29) is 6.61 Å². The third-order valence-corrected chi connectivity index (χ3v) is 3.33. The Kier molecular flexibility index (Phi) is 2.93. The van der Waals surface area contributed by atoms with Gasteiger partial charge in [0.05, 0.1) is 6.61 Å². The molecular formula is C12H15ClN2O. The molecule has 4 heteroatoms. The number of halogens is 1. The molecule has 0 spiro atoms. The molecule has 1 aromatic heterocycles.